The van der Waals surface area contributed by atoms with Crippen molar-refractivity contribution in [1.29, 1.82) is 0 Å². The van der Waals surface area contributed by atoms with Gasteiger partial charge in [-0.1, -0.05) is 30.1 Å². The summed E-state index contributed by atoms with van der Waals surface area (Å²) in [6, 6.07) is 1.79. The van der Waals surface area contributed by atoms with E-state index in [0.717, 1.165) is 37.7 Å². The van der Waals surface area contributed by atoms with Crippen molar-refractivity contribution >= 4 is 34.8 Å². The van der Waals surface area contributed by atoms with E-state index in [4.69, 9.17) is 23.2 Å². The molecular formula is C13H19Cl2N3. The van der Waals surface area contributed by atoms with Gasteiger partial charge < -0.3 is 10.2 Å². The van der Waals surface area contributed by atoms with Crippen LogP contribution in [0.5, 0.6) is 0 Å². The maximum Gasteiger partial charge on any atom is 0.149 e. The minimum absolute atomic E-state index is 0.592. The highest BCUT2D eigenvalue weighted by Gasteiger charge is 2.17. The van der Waals surface area contributed by atoms with Crippen molar-refractivity contribution in [3.63, 3.8) is 0 Å². The lowest BCUT2D eigenvalue weighted by Crippen LogP contribution is -2.30. The number of nitrogens with zero attached hydrogens (tertiary/aromatic N) is 2. The van der Waals surface area contributed by atoms with Crippen LogP contribution in [-0.4, -0.2) is 24.6 Å². The molecule has 1 aromatic rings. The average molecular weight is 288 g/mol. The van der Waals surface area contributed by atoms with Crippen LogP contribution in [-0.2, 0) is 0 Å². The number of nitrogens with one attached hydrogen (secondary N) is 1. The van der Waals surface area contributed by atoms with Crippen molar-refractivity contribution in [2.24, 2.45) is 0 Å². The second-order valence-electron chi connectivity index (χ2n) is 4.60. The first-order valence-electron chi connectivity index (χ1n) is 6.57. The third kappa shape index (κ3) is 3.21. The molecule has 2 heterocycles. The topological polar surface area (TPSA) is 28.2 Å². The number of rotatable bonds is 4. The Morgan fingerprint density at radius 3 is 2.61 bits per heavy atom. The van der Waals surface area contributed by atoms with Gasteiger partial charge in [-0.3, -0.25) is 0 Å². The van der Waals surface area contributed by atoms with Crippen LogP contribution >= 0.6 is 23.2 Å². The van der Waals surface area contributed by atoms with Crippen molar-refractivity contribution in [3.05, 3.63) is 16.1 Å². The van der Waals surface area contributed by atoms with Crippen LogP contribution in [0.25, 0.3) is 0 Å². The molecular weight excluding hydrogens is 269 g/mol. The predicted octanol–water partition coefficient (Wildman–Crippen LogP) is 4.20. The van der Waals surface area contributed by atoms with Crippen LogP contribution < -0.4 is 10.2 Å². The molecule has 18 heavy (non-hydrogen) atoms. The van der Waals surface area contributed by atoms with Crippen molar-refractivity contribution in [3.8, 4) is 0 Å². The van der Waals surface area contributed by atoms with Crippen LogP contribution in [0.15, 0.2) is 6.07 Å². The largest absolute Gasteiger partial charge is 0.369 e. The van der Waals surface area contributed by atoms with E-state index in [1.165, 1.54) is 19.3 Å². The van der Waals surface area contributed by atoms with Gasteiger partial charge in [0.2, 0.25) is 0 Å². The molecule has 0 amide bonds. The SMILES string of the molecule is CCCNc1nc(N2CCCCC2)c(Cl)cc1Cl. The average Bonchev–Trinajstić information content (AvgIpc) is 2.39. The lowest BCUT2D eigenvalue weighted by molar-refractivity contribution is 0.573. The zero-order valence-corrected chi connectivity index (χ0v) is 12.2. The molecule has 0 saturated carbocycles. The maximum atomic E-state index is 6.25. The summed E-state index contributed by atoms with van der Waals surface area (Å²) in [7, 11) is 0. The third-order valence-corrected chi connectivity index (χ3v) is 3.68. The summed E-state index contributed by atoms with van der Waals surface area (Å²) in [5, 5.41) is 4.48. The normalized spacial score (nSPS) is 15.8. The molecule has 1 saturated heterocycles. The van der Waals surface area contributed by atoms with Crippen molar-refractivity contribution in [2.45, 2.75) is 32.6 Å². The summed E-state index contributed by atoms with van der Waals surface area (Å²) in [5.41, 5.74) is 0. The van der Waals surface area contributed by atoms with Gasteiger partial charge in [0.15, 0.2) is 0 Å². The Bertz CT molecular complexity index is 403. The van der Waals surface area contributed by atoms with Crippen LogP contribution in [0.4, 0.5) is 11.6 Å². The Kier molecular flexibility index (Phi) is 4.95. The Labute approximate surface area is 118 Å². The van der Waals surface area contributed by atoms with Crippen LogP contribution in [0.2, 0.25) is 10.0 Å². The molecule has 1 aliphatic heterocycles. The van der Waals surface area contributed by atoms with E-state index in [0.29, 0.717) is 10.0 Å². The van der Waals surface area contributed by atoms with E-state index in [9.17, 15) is 0 Å². The quantitative estimate of drug-likeness (QED) is 0.900. The first-order chi connectivity index (χ1) is 8.72. The van der Waals surface area contributed by atoms with E-state index < -0.39 is 0 Å². The van der Waals surface area contributed by atoms with E-state index in [2.05, 4.69) is 22.1 Å². The fraction of sp³-hybridized carbons (Fsp3) is 0.615. The molecule has 1 aliphatic rings. The number of piperidine rings is 1. The number of aromatic nitrogens is 1. The molecule has 1 fully saturated rings. The van der Waals surface area contributed by atoms with Crippen molar-refractivity contribution in [2.75, 3.05) is 29.9 Å². The highest BCUT2D eigenvalue weighted by atomic mass is 35.5. The van der Waals surface area contributed by atoms with E-state index >= 15 is 0 Å². The zero-order chi connectivity index (χ0) is 13.0. The van der Waals surface area contributed by atoms with Crippen LogP contribution in [0, 0.1) is 0 Å². The van der Waals surface area contributed by atoms with Crippen molar-refractivity contribution in [1.82, 2.24) is 4.98 Å². The molecule has 0 unspecified atom stereocenters. The van der Waals surface area contributed by atoms with Gasteiger partial charge in [-0.15, -0.1) is 0 Å². The molecule has 0 bridgehead atoms. The fourth-order valence-electron chi connectivity index (χ4n) is 2.15. The molecule has 2 rings (SSSR count). The number of halogens is 2. The van der Waals surface area contributed by atoms with Gasteiger partial charge in [-0.2, -0.15) is 0 Å². The molecule has 0 aliphatic carbocycles. The summed E-state index contributed by atoms with van der Waals surface area (Å²) in [6.45, 7) is 5.04. The first kappa shape index (κ1) is 13.8. The summed E-state index contributed by atoms with van der Waals surface area (Å²) < 4.78 is 0. The minimum atomic E-state index is 0.592. The fourth-order valence-corrected chi connectivity index (χ4v) is 2.70. The Balaban J connectivity index is 2.22. The van der Waals surface area contributed by atoms with Gasteiger partial charge in [0, 0.05) is 19.6 Å². The molecule has 3 nitrogen and oxygen atoms in total. The molecule has 1 N–H and O–H groups in total. The highest BCUT2D eigenvalue weighted by Crippen LogP contribution is 2.32. The number of hydrogen-bond acceptors (Lipinski definition) is 3. The zero-order valence-electron chi connectivity index (χ0n) is 10.7. The molecule has 5 heteroatoms. The second kappa shape index (κ2) is 6.48. The number of pyridine rings is 1. The smallest absolute Gasteiger partial charge is 0.149 e. The molecule has 0 radical (unpaired) electrons. The monoisotopic (exact) mass is 287 g/mol. The molecule has 0 aromatic carbocycles. The predicted molar refractivity (Wildman–Crippen MR) is 79.1 cm³/mol. The second-order valence-corrected chi connectivity index (χ2v) is 5.41. The van der Waals surface area contributed by atoms with Crippen LogP contribution in [0.3, 0.4) is 0 Å². The summed E-state index contributed by atoms with van der Waals surface area (Å²) in [6.07, 6.45) is 4.75. The molecule has 1 aromatic heterocycles. The summed E-state index contributed by atoms with van der Waals surface area (Å²) in [5.74, 6) is 1.60. The van der Waals surface area contributed by atoms with E-state index in [1.54, 1.807) is 6.07 Å². The van der Waals surface area contributed by atoms with Gasteiger partial charge in [0.1, 0.15) is 11.6 Å². The lowest BCUT2D eigenvalue weighted by Gasteiger charge is -2.29. The highest BCUT2D eigenvalue weighted by molar-refractivity contribution is 6.37. The Morgan fingerprint density at radius 2 is 1.94 bits per heavy atom. The molecule has 0 spiro atoms. The van der Waals surface area contributed by atoms with Gasteiger partial charge >= 0.3 is 0 Å². The van der Waals surface area contributed by atoms with Crippen molar-refractivity contribution < 1.29 is 0 Å². The Hall–Kier alpha value is -0.670. The summed E-state index contributed by atoms with van der Waals surface area (Å²) in [4.78, 5) is 6.83. The maximum absolute atomic E-state index is 6.25. The van der Waals surface area contributed by atoms with Gasteiger partial charge in [0.05, 0.1) is 10.0 Å². The van der Waals surface area contributed by atoms with E-state index in [-0.39, 0.29) is 0 Å². The van der Waals surface area contributed by atoms with Gasteiger partial charge in [-0.25, -0.2) is 4.98 Å². The third-order valence-electron chi connectivity index (χ3n) is 3.11. The summed E-state index contributed by atoms with van der Waals surface area (Å²) >= 11 is 12.4. The standard InChI is InChI=1S/C13H19Cl2N3/c1-2-6-16-12-10(14)9-11(15)13(17-12)18-7-4-3-5-8-18/h9H,2-8H2,1H3,(H,16,17). The molecule has 100 valence electrons. The Morgan fingerprint density at radius 1 is 1.22 bits per heavy atom. The van der Waals surface area contributed by atoms with Gasteiger partial charge in [0.25, 0.3) is 0 Å². The minimum Gasteiger partial charge on any atom is -0.369 e. The van der Waals surface area contributed by atoms with Gasteiger partial charge in [-0.05, 0) is 31.7 Å². The van der Waals surface area contributed by atoms with E-state index in [1.807, 2.05) is 0 Å². The first-order valence-corrected chi connectivity index (χ1v) is 7.33. The number of anilines is 2. The number of hydrogen-bond donors (Lipinski definition) is 1. The lowest BCUT2D eigenvalue weighted by atomic mass is 10.1. The van der Waals surface area contributed by atoms with Crippen LogP contribution in [0.1, 0.15) is 32.6 Å². The molecule has 0 atom stereocenters.